The van der Waals surface area contributed by atoms with Gasteiger partial charge in [0.05, 0.1) is 42.2 Å². The van der Waals surface area contributed by atoms with Gasteiger partial charge in [-0.15, -0.1) is 0 Å². The Balaban J connectivity index is 1.45. The second-order valence-corrected chi connectivity index (χ2v) is 9.05. The molecule has 37 heavy (non-hydrogen) atoms. The maximum absolute atomic E-state index is 13.6. The van der Waals surface area contributed by atoms with Gasteiger partial charge in [-0.3, -0.25) is 4.79 Å². The molecule has 2 aromatic heterocycles. The maximum atomic E-state index is 13.6. The molecule has 0 spiro atoms. The topological polar surface area (TPSA) is 101 Å². The Kier molecular flexibility index (Phi) is 7.06. The summed E-state index contributed by atoms with van der Waals surface area (Å²) < 4.78 is 24.5. The molecule has 188 valence electrons. The third kappa shape index (κ3) is 5.13. The summed E-state index contributed by atoms with van der Waals surface area (Å²) in [4.78, 5) is 24.5. The fourth-order valence-corrected chi connectivity index (χ4v) is 4.55. The van der Waals surface area contributed by atoms with E-state index in [1.807, 2.05) is 0 Å². The minimum atomic E-state index is -0.375. The number of aliphatic hydroxyl groups excluding tert-OH is 1. The number of fused-ring (bicyclic) bond motifs is 1. The Hall–Kier alpha value is -3.97. The fourth-order valence-electron chi connectivity index (χ4n) is 4.29. The molecule has 0 radical (unpaired) electrons. The van der Waals surface area contributed by atoms with Crippen LogP contribution in [0.5, 0.6) is 11.5 Å². The van der Waals surface area contributed by atoms with E-state index < -0.39 is 0 Å². The van der Waals surface area contributed by atoms with Gasteiger partial charge in [0.25, 0.3) is 0 Å². The minimum Gasteiger partial charge on any atom is -0.457 e. The van der Waals surface area contributed by atoms with Crippen molar-refractivity contribution in [1.82, 2.24) is 9.97 Å². The summed E-state index contributed by atoms with van der Waals surface area (Å²) in [7, 11) is 0. The van der Waals surface area contributed by atoms with Crippen molar-refractivity contribution in [2.45, 2.75) is 25.0 Å². The zero-order valence-electron chi connectivity index (χ0n) is 19.5. The lowest BCUT2D eigenvalue weighted by Crippen LogP contribution is -2.36. The van der Waals surface area contributed by atoms with Gasteiger partial charge in [0.15, 0.2) is 5.78 Å². The molecule has 1 fully saturated rings. The van der Waals surface area contributed by atoms with Gasteiger partial charge < -0.3 is 24.9 Å². The largest absolute Gasteiger partial charge is 0.457 e. The van der Waals surface area contributed by atoms with Crippen LogP contribution in [-0.4, -0.2) is 46.2 Å². The van der Waals surface area contributed by atoms with Crippen LogP contribution in [0.1, 0.15) is 28.8 Å². The van der Waals surface area contributed by atoms with Gasteiger partial charge in [0, 0.05) is 35.5 Å². The number of anilines is 1. The van der Waals surface area contributed by atoms with Gasteiger partial charge in [0.1, 0.15) is 23.0 Å². The summed E-state index contributed by atoms with van der Waals surface area (Å²) in [6.07, 6.45) is 4.23. The molecule has 3 N–H and O–H groups in total. The lowest BCUT2D eigenvalue weighted by atomic mass is 10.0. The summed E-state index contributed by atoms with van der Waals surface area (Å²) in [5.41, 5.74) is 1.79. The highest BCUT2D eigenvalue weighted by Crippen LogP contribution is 2.37. The van der Waals surface area contributed by atoms with Gasteiger partial charge in [-0.05, 0) is 49.2 Å². The van der Waals surface area contributed by atoms with Gasteiger partial charge in [-0.25, -0.2) is 14.2 Å². The number of hydrogen-bond donors (Lipinski definition) is 3. The second-order valence-electron chi connectivity index (χ2n) is 8.64. The van der Waals surface area contributed by atoms with Crippen LogP contribution in [0.3, 0.4) is 0 Å². The van der Waals surface area contributed by atoms with Crippen LogP contribution in [0.25, 0.3) is 15.9 Å². The molecule has 4 aromatic rings. The van der Waals surface area contributed by atoms with Crippen molar-refractivity contribution in [2.75, 3.05) is 18.5 Å². The van der Waals surface area contributed by atoms with E-state index in [0.29, 0.717) is 46.8 Å². The molecule has 0 bridgehead atoms. The predicted molar refractivity (Wildman–Crippen MR) is 137 cm³/mol. The van der Waals surface area contributed by atoms with Crippen LogP contribution >= 0.6 is 11.6 Å². The van der Waals surface area contributed by atoms with Crippen LogP contribution in [0.2, 0.25) is 5.02 Å². The quantitative estimate of drug-likeness (QED) is 0.208. The number of ether oxygens (including phenoxy) is 2. The molecule has 0 amide bonds. The van der Waals surface area contributed by atoms with E-state index in [4.69, 9.17) is 27.6 Å². The van der Waals surface area contributed by atoms with Crippen LogP contribution in [-0.2, 0) is 4.74 Å². The summed E-state index contributed by atoms with van der Waals surface area (Å²) in [6.45, 7) is 7.95. The van der Waals surface area contributed by atoms with E-state index in [-0.39, 0.29) is 46.6 Å². The van der Waals surface area contributed by atoms with Crippen molar-refractivity contribution in [2.24, 2.45) is 0 Å². The highest BCUT2D eigenvalue weighted by atomic mass is 35.5. The Morgan fingerprint density at radius 2 is 2.03 bits per heavy atom. The molecule has 2 aromatic carbocycles. The maximum Gasteiger partial charge on any atom is 0.228 e. The molecule has 0 aliphatic carbocycles. The normalized spacial score (nSPS) is 17.4. The number of ketones is 1. The van der Waals surface area contributed by atoms with E-state index in [0.717, 1.165) is 6.42 Å². The van der Waals surface area contributed by atoms with Crippen LogP contribution in [0, 0.1) is 12.4 Å². The molecule has 2 atom stereocenters. The van der Waals surface area contributed by atoms with Gasteiger partial charge in [0.2, 0.25) is 5.69 Å². The average molecular weight is 521 g/mol. The summed E-state index contributed by atoms with van der Waals surface area (Å²) >= 11 is 6.48. The van der Waals surface area contributed by atoms with Crippen LogP contribution < -0.4 is 10.1 Å². The lowest BCUT2D eigenvalue weighted by Gasteiger charge is -2.29. The zero-order chi connectivity index (χ0) is 25.9. The van der Waals surface area contributed by atoms with Crippen molar-refractivity contribution in [3.8, 4) is 11.5 Å². The van der Waals surface area contributed by atoms with E-state index in [1.165, 1.54) is 36.5 Å². The molecule has 0 unspecified atom stereocenters. The second kappa shape index (κ2) is 10.6. The molecule has 5 rings (SSSR count). The highest BCUT2D eigenvalue weighted by Gasteiger charge is 2.26. The van der Waals surface area contributed by atoms with Crippen molar-refractivity contribution < 1.29 is 23.8 Å². The number of halogens is 2. The summed E-state index contributed by atoms with van der Waals surface area (Å²) in [6, 6.07) is 10.1. The molecular formula is C27H22ClFN4O4. The Morgan fingerprint density at radius 3 is 2.70 bits per heavy atom. The van der Waals surface area contributed by atoms with Gasteiger partial charge in [-0.1, -0.05) is 11.6 Å². The number of nitrogens with zero attached hydrogens (tertiary/aromatic N) is 2. The molecule has 10 heteroatoms. The first-order valence-electron chi connectivity index (χ1n) is 11.6. The number of carbonyl (C=O) groups excluding carboxylic acids is 1. The number of H-pyrrole nitrogens is 1. The number of aliphatic hydroxyl groups is 1. The Labute approximate surface area is 216 Å². The number of benzene rings is 2. The molecular weight excluding hydrogens is 499 g/mol. The van der Waals surface area contributed by atoms with Crippen molar-refractivity contribution in [3.63, 3.8) is 0 Å². The van der Waals surface area contributed by atoms with E-state index in [2.05, 4.69) is 20.1 Å². The molecule has 1 saturated heterocycles. The molecule has 0 saturated carbocycles. The van der Waals surface area contributed by atoms with E-state index >= 15 is 0 Å². The number of hydrogen-bond acceptors (Lipinski definition) is 6. The SMILES string of the molecule is [C-]#[N+]c1cnc2[nH]cc(C(=O)c3ccc(Oc4ccc(F)cc4)cc3Cl)c2c1N[C@@H]1CC[C@@H](CO)OC1. The monoisotopic (exact) mass is 520 g/mol. The first-order valence-corrected chi connectivity index (χ1v) is 12.0. The minimum absolute atomic E-state index is 0.0372. The van der Waals surface area contributed by atoms with Gasteiger partial charge in [-0.2, -0.15) is 0 Å². The molecule has 1 aliphatic heterocycles. The first kappa shape index (κ1) is 24.7. The summed E-state index contributed by atoms with van der Waals surface area (Å²) in [5, 5.41) is 13.4. The summed E-state index contributed by atoms with van der Waals surface area (Å²) in [5.74, 6) is 0.0977. The zero-order valence-corrected chi connectivity index (χ0v) is 20.3. The number of pyridine rings is 1. The number of carbonyl (C=O) groups is 1. The van der Waals surface area contributed by atoms with E-state index in [9.17, 15) is 14.3 Å². The smallest absolute Gasteiger partial charge is 0.228 e. The van der Waals surface area contributed by atoms with Crippen LogP contribution in [0.15, 0.2) is 54.9 Å². The number of nitrogens with one attached hydrogen (secondary N) is 2. The third-order valence-corrected chi connectivity index (χ3v) is 6.52. The predicted octanol–water partition coefficient (Wildman–Crippen LogP) is 5.88. The molecule has 8 nitrogen and oxygen atoms in total. The number of aromatic amines is 1. The standard InChI is InChI=1S/C27H22ClFN4O4/c1-30-23-12-32-27-24(25(23)33-16-4-7-19(13-34)36-14-16)21(11-31-27)26(35)20-9-8-18(10-22(20)28)37-17-5-2-15(29)3-6-17/h2-3,5-6,8-12,16,19,34H,4,7,13-14H2,(H2,31,32,33)/t16-,19+/m1/s1. The highest BCUT2D eigenvalue weighted by molar-refractivity contribution is 6.36. The fraction of sp³-hybridized carbons (Fsp3) is 0.222. The van der Waals surface area contributed by atoms with Crippen LogP contribution in [0.4, 0.5) is 15.8 Å². The average Bonchev–Trinajstić information content (AvgIpc) is 3.35. The molecule has 3 heterocycles. The van der Waals surface area contributed by atoms with Crippen molar-refractivity contribution in [1.29, 1.82) is 0 Å². The van der Waals surface area contributed by atoms with Gasteiger partial charge >= 0.3 is 0 Å². The number of aromatic nitrogens is 2. The lowest BCUT2D eigenvalue weighted by molar-refractivity contribution is -0.0223. The number of rotatable bonds is 7. The Morgan fingerprint density at radius 1 is 1.24 bits per heavy atom. The Bertz CT molecular complexity index is 1490. The van der Waals surface area contributed by atoms with Crippen molar-refractivity contribution in [3.05, 3.63) is 88.2 Å². The third-order valence-electron chi connectivity index (χ3n) is 6.20. The molecule has 1 aliphatic rings. The first-order chi connectivity index (χ1) is 18.0. The van der Waals surface area contributed by atoms with E-state index in [1.54, 1.807) is 18.3 Å². The van der Waals surface area contributed by atoms with Crippen molar-refractivity contribution >= 4 is 39.8 Å².